The second-order valence-corrected chi connectivity index (χ2v) is 9.41. The van der Waals surface area contributed by atoms with Gasteiger partial charge in [-0.1, -0.05) is 37.8 Å². The van der Waals surface area contributed by atoms with Crippen LogP contribution in [0.25, 0.3) is 0 Å². The van der Waals surface area contributed by atoms with Gasteiger partial charge in [-0.25, -0.2) is 8.78 Å². The summed E-state index contributed by atoms with van der Waals surface area (Å²) in [5, 5.41) is 0. The van der Waals surface area contributed by atoms with Crippen molar-refractivity contribution in [3.8, 4) is 0 Å². The Morgan fingerprint density at radius 3 is 1.89 bits per heavy atom. The molecule has 4 atom stereocenters. The maximum Gasteiger partial charge on any atom is 0.396 e. The highest BCUT2D eigenvalue weighted by Gasteiger charge is 2.39. The topological polar surface area (TPSA) is 74.6 Å². The summed E-state index contributed by atoms with van der Waals surface area (Å²) in [5.74, 6) is -1.07. The minimum atomic E-state index is -5.02. The number of aryl methyl sites for hydroxylation is 1. The van der Waals surface area contributed by atoms with E-state index in [0.717, 1.165) is 31.2 Å². The van der Waals surface area contributed by atoms with Crippen molar-refractivity contribution < 1.29 is 27.9 Å². The molecule has 0 aliphatic heterocycles. The highest BCUT2D eigenvalue weighted by Crippen LogP contribution is 2.49. The molecule has 1 aromatic rings. The molecule has 0 saturated heterocycles. The average molecular weight is 400 g/mol. The van der Waals surface area contributed by atoms with Crippen LogP contribution in [-0.4, -0.2) is 27.7 Å². The summed E-state index contributed by atoms with van der Waals surface area (Å²) in [4.78, 5) is 31.4. The molecule has 2 aliphatic carbocycles. The second kappa shape index (κ2) is 8.10. The van der Waals surface area contributed by atoms with Gasteiger partial charge in [-0.3, -0.25) is 9.36 Å². The molecule has 4 nitrogen and oxygen atoms in total. The van der Waals surface area contributed by atoms with Crippen LogP contribution >= 0.6 is 7.60 Å². The van der Waals surface area contributed by atoms with Crippen LogP contribution in [0.3, 0.4) is 0 Å². The molecule has 2 fully saturated rings. The summed E-state index contributed by atoms with van der Waals surface area (Å²) in [6.07, 6.45) is 2.78. The van der Waals surface area contributed by atoms with Crippen LogP contribution in [0.1, 0.15) is 90.3 Å². The second-order valence-electron chi connectivity index (χ2n) is 7.92. The van der Waals surface area contributed by atoms with E-state index in [2.05, 4.69) is 0 Å². The van der Waals surface area contributed by atoms with Gasteiger partial charge in [0.05, 0.1) is 0 Å². The monoisotopic (exact) mass is 400 g/mol. The zero-order valence-corrected chi connectivity index (χ0v) is 16.4. The van der Waals surface area contributed by atoms with E-state index in [4.69, 9.17) is 0 Å². The van der Waals surface area contributed by atoms with E-state index in [1.165, 1.54) is 6.07 Å². The Kier molecular flexibility index (Phi) is 6.19. The molecule has 0 heterocycles. The van der Waals surface area contributed by atoms with Crippen molar-refractivity contribution in [3.05, 3.63) is 34.4 Å². The third kappa shape index (κ3) is 4.18. The van der Waals surface area contributed by atoms with E-state index in [9.17, 15) is 27.9 Å². The van der Waals surface area contributed by atoms with Gasteiger partial charge in [0.1, 0.15) is 12.3 Å². The number of rotatable bonds is 4. The Morgan fingerprint density at radius 2 is 1.41 bits per heavy atom. The predicted octanol–water partition coefficient (Wildman–Crippen LogP) is 5.30. The third-order valence-electron chi connectivity index (χ3n) is 6.10. The van der Waals surface area contributed by atoms with Gasteiger partial charge < -0.3 is 9.79 Å². The molecule has 0 radical (unpaired) electrons. The molecule has 27 heavy (non-hydrogen) atoms. The quantitative estimate of drug-likeness (QED) is 0.672. The smallest absolute Gasteiger partial charge is 0.319 e. The molecule has 2 aliphatic rings. The summed E-state index contributed by atoms with van der Waals surface area (Å²) in [7, 11) is -5.02. The van der Waals surface area contributed by atoms with Gasteiger partial charge in [0, 0.05) is 17.4 Å². The van der Waals surface area contributed by atoms with Gasteiger partial charge in [0.25, 0.3) is 5.52 Å². The Hall–Kier alpha value is -1.10. The molecule has 7 heteroatoms. The normalized spacial score (nSPS) is 29.5. The van der Waals surface area contributed by atoms with Crippen molar-refractivity contribution >= 4 is 13.1 Å². The molecule has 0 aromatic heterocycles. The highest BCUT2D eigenvalue weighted by atomic mass is 31.2. The standard InChI is InChI=1S/C20H27F2O4P/c1-12-10-11-15(20(23)27(24,25)26)19(14-7-3-5-9-17(14)22)18(12)13-6-2-4-8-16(13)21/h10-11,13-14,16-17H,2-9H2,1H3,(H2,24,25,26). The van der Waals surface area contributed by atoms with Gasteiger partial charge in [-0.15, -0.1) is 0 Å². The summed E-state index contributed by atoms with van der Waals surface area (Å²) in [5.41, 5.74) is 0.305. The molecular formula is C20H27F2O4P. The number of carbonyl (C=O) groups excluding carboxylic acids is 1. The number of alkyl halides is 2. The maximum atomic E-state index is 14.9. The Balaban J connectivity index is 2.21. The van der Waals surface area contributed by atoms with Crippen LogP contribution in [-0.2, 0) is 4.57 Å². The van der Waals surface area contributed by atoms with Crippen LogP contribution < -0.4 is 0 Å². The Labute approximate surface area is 158 Å². The lowest BCUT2D eigenvalue weighted by atomic mass is 9.72. The average Bonchev–Trinajstić information content (AvgIpc) is 2.61. The molecular weight excluding hydrogens is 373 g/mol. The van der Waals surface area contributed by atoms with Crippen molar-refractivity contribution in [2.24, 2.45) is 0 Å². The van der Waals surface area contributed by atoms with E-state index in [1.54, 1.807) is 6.07 Å². The van der Waals surface area contributed by atoms with Crippen LogP contribution in [0.15, 0.2) is 12.1 Å². The van der Waals surface area contributed by atoms with E-state index in [-0.39, 0.29) is 5.56 Å². The zero-order chi connectivity index (χ0) is 19.8. The van der Waals surface area contributed by atoms with Crippen molar-refractivity contribution in [1.29, 1.82) is 0 Å². The predicted molar refractivity (Wildman–Crippen MR) is 99.8 cm³/mol. The van der Waals surface area contributed by atoms with Crippen LogP contribution in [0.4, 0.5) is 8.78 Å². The molecule has 0 bridgehead atoms. The van der Waals surface area contributed by atoms with Crippen LogP contribution in [0.5, 0.6) is 0 Å². The van der Waals surface area contributed by atoms with Crippen LogP contribution in [0, 0.1) is 6.92 Å². The fourth-order valence-electron chi connectivity index (χ4n) is 4.80. The molecule has 4 unspecified atom stereocenters. The first kappa shape index (κ1) is 20.6. The van der Waals surface area contributed by atoms with Crippen molar-refractivity contribution in [2.45, 2.75) is 82.5 Å². The number of benzene rings is 1. The Bertz CT molecular complexity index is 761. The molecule has 0 amide bonds. The van der Waals surface area contributed by atoms with Gasteiger partial charge >= 0.3 is 7.60 Å². The van der Waals surface area contributed by atoms with Crippen molar-refractivity contribution in [1.82, 2.24) is 0 Å². The highest BCUT2D eigenvalue weighted by molar-refractivity contribution is 7.70. The molecule has 150 valence electrons. The van der Waals surface area contributed by atoms with Crippen LogP contribution in [0.2, 0.25) is 0 Å². The molecule has 0 spiro atoms. The molecule has 2 saturated carbocycles. The fraction of sp³-hybridized carbons (Fsp3) is 0.650. The summed E-state index contributed by atoms with van der Waals surface area (Å²) in [6.45, 7) is 1.81. The summed E-state index contributed by atoms with van der Waals surface area (Å²) < 4.78 is 41.3. The molecule has 1 aromatic carbocycles. The van der Waals surface area contributed by atoms with Crippen molar-refractivity contribution in [3.63, 3.8) is 0 Å². The summed E-state index contributed by atoms with van der Waals surface area (Å²) >= 11 is 0. The van der Waals surface area contributed by atoms with Gasteiger partial charge in [0.15, 0.2) is 0 Å². The number of halogens is 2. The fourth-order valence-corrected chi connectivity index (χ4v) is 5.31. The SMILES string of the molecule is Cc1ccc(C(=O)P(=O)(O)O)c(C2CCCCC2F)c1C1CCCCC1F. The largest absolute Gasteiger partial charge is 0.396 e. The number of carbonyl (C=O) groups is 1. The lowest BCUT2D eigenvalue weighted by Crippen LogP contribution is -2.27. The lowest BCUT2D eigenvalue weighted by molar-refractivity contribution is 0.103. The lowest BCUT2D eigenvalue weighted by Gasteiger charge is -2.35. The maximum absolute atomic E-state index is 14.9. The van der Waals surface area contributed by atoms with Gasteiger partial charge in [-0.05, 0) is 49.3 Å². The van der Waals surface area contributed by atoms with E-state index < -0.39 is 37.3 Å². The van der Waals surface area contributed by atoms with Crippen molar-refractivity contribution in [2.75, 3.05) is 0 Å². The number of hydrogen-bond acceptors (Lipinski definition) is 2. The van der Waals surface area contributed by atoms with E-state index in [1.807, 2.05) is 6.92 Å². The first-order chi connectivity index (χ1) is 12.7. The van der Waals surface area contributed by atoms with Gasteiger partial charge in [-0.2, -0.15) is 0 Å². The Morgan fingerprint density at radius 1 is 0.926 bits per heavy atom. The molecule has 3 rings (SSSR count). The van der Waals surface area contributed by atoms with E-state index in [0.29, 0.717) is 36.8 Å². The third-order valence-corrected chi connectivity index (χ3v) is 6.88. The zero-order valence-electron chi connectivity index (χ0n) is 15.5. The van der Waals surface area contributed by atoms with Gasteiger partial charge in [0.2, 0.25) is 0 Å². The molecule has 2 N–H and O–H groups in total. The minimum Gasteiger partial charge on any atom is -0.319 e. The minimum absolute atomic E-state index is 0.128. The first-order valence-electron chi connectivity index (χ1n) is 9.73. The first-order valence-corrected chi connectivity index (χ1v) is 11.3. The van der Waals surface area contributed by atoms with E-state index >= 15 is 0 Å². The summed E-state index contributed by atoms with van der Waals surface area (Å²) in [6, 6.07) is 2.99. The number of hydrogen-bond donors (Lipinski definition) is 2.